The minimum absolute atomic E-state index is 0.0997. The van der Waals surface area contributed by atoms with E-state index in [2.05, 4.69) is 31.9 Å². The Morgan fingerprint density at radius 3 is 2.33 bits per heavy atom. The van der Waals surface area contributed by atoms with Gasteiger partial charge in [0.1, 0.15) is 5.75 Å². The van der Waals surface area contributed by atoms with E-state index in [-0.39, 0.29) is 11.0 Å². The molecule has 0 saturated heterocycles. The van der Waals surface area contributed by atoms with Crippen LogP contribution in [0.15, 0.2) is 77.3 Å². The second-order valence-corrected chi connectivity index (χ2v) is 7.48. The SMILES string of the molecule is COc1ccc(Br)cc1C(=O)NC(=S)Nc1cccc(C(=O)Nc2ccccc2)c1. The zero-order chi connectivity index (χ0) is 21.5. The molecule has 30 heavy (non-hydrogen) atoms. The number of methoxy groups -OCH3 is 1. The number of carbonyl (C=O) groups excluding carboxylic acids is 2. The summed E-state index contributed by atoms with van der Waals surface area (Å²) < 4.78 is 5.96. The molecular formula is C22H18BrN3O3S. The minimum atomic E-state index is -0.413. The van der Waals surface area contributed by atoms with Gasteiger partial charge in [-0.25, -0.2) is 0 Å². The molecule has 152 valence electrons. The van der Waals surface area contributed by atoms with Crippen LogP contribution in [-0.2, 0) is 0 Å². The number of ether oxygens (including phenoxy) is 1. The normalized spacial score (nSPS) is 10.1. The molecule has 3 N–H and O–H groups in total. The predicted molar refractivity (Wildman–Crippen MR) is 125 cm³/mol. The van der Waals surface area contributed by atoms with Crippen LogP contribution in [0.3, 0.4) is 0 Å². The van der Waals surface area contributed by atoms with Gasteiger partial charge in [0.2, 0.25) is 0 Å². The van der Waals surface area contributed by atoms with Crippen LogP contribution < -0.4 is 20.7 Å². The third-order valence-corrected chi connectivity index (χ3v) is 4.74. The van der Waals surface area contributed by atoms with Crippen molar-refractivity contribution >= 4 is 56.4 Å². The fourth-order valence-corrected chi connectivity index (χ4v) is 3.23. The van der Waals surface area contributed by atoms with Gasteiger partial charge in [0.05, 0.1) is 12.7 Å². The van der Waals surface area contributed by atoms with E-state index in [0.717, 1.165) is 4.47 Å². The largest absolute Gasteiger partial charge is 0.496 e. The number of amides is 2. The molecule has 0 saturated carbocycles. The zero-order valence-electron chi connectivity index (χ0n) is 15.9. The van der Waals surface area contributed by atoms with Crippen molar-refractivity contribution in [1.29, 1.82) is 0 Å². The topological polar surface area (TPSA) is 79.5 Å². The monoisotopic (exact) mass is 483 g/mol. The summed E-state index contributed by atoms with van der Waals surface area (Å²) in [5, 5.41) is 8.46. The molecular weight excluding hydrogens is 466 g/mol. The van der Waals surface area contributed by atoms with Crippen molar-refractivity contribution in [2.75, 3.05) is 17.7 Å². The van der Waals surface area contributed by atoms with Gasteiger partial charge < -0.3 is 15.4 Å². The van der Waals surface area contributed by atoms with Crippen LogP contribution in [0.2, 0.25) is 0 Å². The first-order valence-electron chi connectivity index (χ1n) is 8.88. The van der Waals surface area contributed by atoms with Gasteiger partial charge in [-0.1, -0.05) is 40.2 Å². The summed E-state index contributed by atoms with van der Waals surface area (Å²) in [4.78, 5) is 25.0. The van der Waals surface area contributed by atoms with E-state index in [9.17, 15) is 9.59 Å². The van der Waals surface area contributed by atoms with E-state index in [1.165, 1.54) is 7.11 Å². The number of rotatable bonds is 5. The van der Waals surface area contributed by atoms with Gasteiger partial charge in [-0.2, -0.15) is 0 Å². The maximum absolute atomic E-state index is 12.6. The highest BCUT2D eigenvalue weighted by atomic mass is 79.9. The van der Waals surface area contributed by atoms with Crippen LogP contribution in [0.25, 0.3) is 0 Å². The fourth-order valence-electron chi connectivity index (χ4n) is 2.65. The molecule has 0 fully saturated rings. The fraction of sp³-hybridized carbons (Fsp3) is 0.0455. The number of nitrogens with one attached hydrogen (secondary N) is 3. The predicted octanol–water partition coefficient (Wildman–Crippen LogP) is 4.84. The molecule has 0 aliphatic carbocycles. The second-order valence-electron chi connectivity index (χ2n) is 6.15. The highest BCUT2D eigenvalue weighted by molar-refractivity contribution is 9.10. The molecule has 6 nitrogen and oxygen atoms in total. The number of hydrogen-bond acceptors (Lipinski definition) is 4. The Kier molecular flexibility index (Phi) is 7.16. The van der Waals surface area contributed by atoms with Crippen molar-refractivity contribution in [3.05, 3.63) is 88.4 Å². The van der Waals surface area contributed by atoms with Crippen molar-refractivity contribution in [2.24, 2.45) is 0 Å². The Morgan fingerprint density at radius 1 is 0.867 bits per heavy atom. The lowest BCUT2D eigenvalue weighted by atomic mass is 10.2. The summed E-state index contributed by atoms with van der Waals surface area (Å²) in [6.45, 7) is 0. The van der Waals surface area contributed by atoms with Gasteiger partial charge in [-0.15, -0.1) is 0 Å². The third kappa shape index (κ3) is 5.65. The van der Waals surface area contributed by atoms with E-state index >= 15 is 0 Å². The lowest BCUT2D eigenvalue weighted by Crippen LogP contribution is -2.34. The van der Waals surface area contributed by atoms with E-state index in [1.807, 2.05) is 18.2 Å². The number of hydrogen-bond donors (Lipinski definition) is 3. The van der Waals surface area contributed by atoms with Crippen molar-refractivity contribution in [3.8, 4) is 5.75 Å². The Balaban J connectivity index is 1.66. The Labute approximate surface area is 187 Å². The van der Waals surface area contributed by atoms with Crippen molar-refractivity contribution in [1.82, 2.24) is 5.32 Å². The molecule has 0 aliphatic rings. The van der Waals surface area contributed by atoms with Crippen LogP contribution in [0.1, 0.15) is 20.7 Å². The minimum Gasteiger partial charge on any atom is -0.496 e. The Morgan fingerprint density at radius 2 is 1.60 bits per heavy atom. The summed E-state index contributed by atoms with van der Waals surface area (Å²) in [5.74, 6) is -0.236. The molecule has 0 atom stereocenters. The quantitative estimate of drug-likeness (QED) is 0.452. The van der Waals surface area contributed by atoms with Gasteiger partial charge >= 0.3 is 0 Å². The first kappa shape index (κ1) is 21.5. The van der Waals surface area contributed by atoms with E-state index in [4.69, 9.17) is 17.0 Å². The molecule has 0 spiro atoms. The van der Waals surface area contributed by atoms with Crippen LogP contribution >= 0.6 is 28.1 Å². The van der Waals surface area contributed by atoms with E-state index in [1.54, 1.807) is 54.6 Å². The average Bonchev–Trinajstić information content (AvgIpc) is 2.74. The van der Waals surface area contributed by atoms with Gasteiger partial charge in [-0.3, -0.25) is 14.9 Å². The summed E-state index contributed by atoms with van der Waals surface area (Å²) in [6.07, 6.45) is 0. The Hall–Kier alpha value is -3.23. The molecule has 0 aromatic heterocycles. The van der Waals surface area contributed by atoms with Crippen molar-refractivity contribution < 1.29 is 14.3 Å². The first-order valence-corrected chi connectivity index (χ1v) is 10.1. The first-order chi connectivity index (χ1) is 14.5. The lowest BCUT2D eigenvalue weighted by Gasteiger charge is -2.13. The molecule has 2 amide bonds. The number of carbonyl (C=O) groups is 2. The molecule has 0 aliphatic heterocycles. The Bertz CT molecular complexity index is 1090. The molecule has 3 aromatic carbocycles. The number of thiocarbonyl (C=S) groups is 1. The summed E-state index contributed by atoms with van der Waals surface area (Å²) >= 11 is 8.58. The lowest BCUT2D eigenvalue weighted by molar-refractivity contribution is 0.0973. The van der Waals surface area contributed by atoms with Crippen LogP contribution in [0.5, 0.6) is 5.75 Å². The number of halogens is 1. The smallest absolute Gasteiger partial charge is 0.261 e. The van der Waals surface area contributed by atoms with E-state index in [0.29, 0.717) is 28.3 Å². The maximum atomic E-state index is 12.6. The zero-order valence-corrected chi connectivity index (χ0v) is 18.3. The van der Waals surface area contributed by atoms with E-state index < -0.39 is 5.91 Å². The summed E-state index contributed by atoms with van der Waals surface area (Å²) in [5.41, 5.74) is 2.06. The maximum Gasteiger partial charge on any atom is 0.261 e. The van der Waals surface area contributed by atoms with Gasteiger partial charge in [0, 0.05) is 21.4 Å². The summed E-state index contributed by atoms with van der Waals surface area (Å²) in [7, 11) is 1.49. The standard InChI is InChI=1S/C22H18BrN3O3S/c1-29-19-11-10-15(23)13-18(19)21(28)26-22(30)25-17-9-5-6-14(12-17)20(27)24-16-7-3-2-4-8-16/h2-13H,1H3,(H,24,27)(H2,25,26,28,30). The second kappa shape index (κ2) is 10.00. The highest BCUT2D eigenvalue weighted by Gasteiger charge is 2.15. The highest BCUT2D eigenvalue weighted by Crippen LogP contribution is 2.23. The number of benzene rings is 3. The van der Waals surface area contributed by atoms with Gasteiger partial charge in [0.15, 0.2) is 5.11 Å². The van der Waals surface area contributed by atoms with Crippen LogP contribution in [0, 0.1) is 0 Å². The molecule has 8 heteroatoms. The molecule has 0 radical (unpaired) electrons. The van der Waals surface area contributed by atoms with Crippen molar-refractivity contribution in [2.45, 2.75) is 0 Å². The average molecular weight is 484 g/mol. The third-order valence-electron chi connectivity index (χ3n) is 4.05. The number of para-hydroxylation sites is 1. The van der Waals surface area contributed by atoms with Gasteiger partial charge in [-0.05, 0) is 60.7 Å². The molecule has 3 aromatic rings. The van der Waals surface area contributed by atoms with Gasteiger partial charge in [0.25, 0.3) is 11.8 Å². The molecule has 0 bridgehead atoms. The summed E-state index contributed by atoms with van der Waals surface area (Å²) in [6, 6.07) is 21.1. The van der Waals surface area contributed by atoms with Crippen molar-refractivity contribution in [3.63, 3.8) is 0 Å². The molecule has 3 rings (SSSR count). The van der Waals surface area contributed by atoms with Crippen LogP contribution in [0.4, 0.5) is 11.4 Å². The number of anilines is 2. The van der Waals surface area contributed by atoms with Crippen LogP contribution in [-0.4, -0.2) is 24.0 Å². The molecule has 0 unspecified atom stereocenters. The molecule has 0 heterocycles.